The fourth-order valence-electron chi connectivity index (χ4n) is 3.55. The minimum Gasteiger partial charge on any atom is -0.379 e. The average molecular weight is 440 g/mol. The highest BCUT2D eigenvalue weighted by Crippen LogP contribution is 2.17. The maximum Gasteiger partial charge on any atom is 0.251 e. The van der Waals surface area contributed by atoms with Gasteiger partial charge in [0.1, 0.15) is 0 Å². The molecule has 2 aromatic carbocycles. The van der Waals surface area contributed by atoms with Crippen molar-refractivity contribution < 1.29 is 17.9 Å². The molecule has 0 unspecified atom stereocenters. The molecule has 1 aliphatic heterocycles. The van der Waals surface area contributed by atoms with Crippen LogP contribution in [-0.4, -0.2) is 49.5 Å². The number of nitrogens with zero attached hydrogens (tertiary/aromatic N) is 2. The number of sulfonamides is 1. The number of rotatable bonds is 7. The number of carbonyl (C=O) groups excluding carboxylic acids is 1. The molecule has 0 bridgehead atoms. The molecule has 0 spiro atoms. The molecule has 2 heterocycles. The smallest absolute Gasteiger partial charge is 0.251 e. The molecule has 1 saturated heterocycles. The average Bonchev–Trinajstić information content (AvgIpc) is 3.34. The van der Waals surface area contributed by atoms with Crippen LogP contribution < -0.4 is 5.32 Å². The van der Waals surface area contributed by atoms with Gasteiger partial charge in [0.2, 0.25) is 10.0 Å². The first-order chi connectivity index (χ1) is 15.0. The van der Waals surface area contributed by atoms with Crippen LogP contribution in [0.2, 0.25) is 0 Å². The molecule has 0 radical (unpaired) electrons. The van der Waals surface area contributed by atoms with E-state index in [2.05, 4.69) is 5.32 Å². The summed E-state index contributed by atoms with van der Waals surface area (Å²) in [6.07, 6.45) is 3.88. The summed E-state index contributed by atoms with van der Waals surface area (Å²) in [5.41, 5.74) is 3.00. The Balaban J connectivity index is 1.41. The molecule has 7 nitrogen and oxygen atoms in total. The molecule has 1 aliphatic rings. The fraction of sp³-hybridized carbons (Fsp3) is 0.261. The van der Waals surface area contributed by atoms with Crippen molar-refractivity contribution in [1.29, 1.82) is 0 Å². The topological polar surface area (TPSA) is 80.6 Å². The van der Waals surface area contributed by atoms with Gasteiger partial charge in [-0.1, -0.05) is 24.3 Å². The molecule has 8 heteroatoms. The summed E-state index contributed by atoms with van der Waals surface area (Å²) in [7, 11) is -3.44. The number of hydrogen-bond acceptors (Lipinski definition) is 4. The summed E-state index contributed by atoms with van der Waals surface area (Å²) in [6, 6.07) is 18.5. The van der Waals surface area contributed by atoms with Gasteiger partial charge in [0.15, 0.2) is 0 Å². The van der Waals surface area contributed by atoms with E-state index in [-0.39, 0.29) is 18.2 Å². The molecule has 162 valence electrons. The lowest BCUT2D eigenvalue weighted by Gasteiger charge is -2.26. The largest absolute Gasteiger partial charge is 0.379 e. The monoisotopic (exact) mass is 439 g/mol. The third-order valence-corrected chi connectivity index (χ3v) is 7.12. The Labute approximate surface area is 182 Å². The van der Waals surface area contributed by atoms with Crippen LogP contribution in [0.15, 0.2) is 73.1 Å². The Bertz CT molecular complexity index is 1120. The number of carbonyl (C=O) groups is 1. The quantitative estimate of drug-likeness (QED) is 0.614. The van der Waals surface area contributed by atoms with Crippen LogP contribution in [0.5, 0.6) is 0 Å². The van der Waals surface area contributed by atoms with E-state index in [0.717, 1.165) is 11.3 Å². The van der Waals surface area contributed by atoms with Crippen LogP contribution >= 0.6 is 0 Å². The lowest BCUT2D eigenvalue weighted by molar-refractivity contribution is 0.0729. The Morgan fingerprint density at radius 2 is 1.55 bits per heavy atom. The highest BCUT2D eigenvalue weighted by molar-refractivity contribution is 7.88. The predicted octanol–water partition coefficient (Wildman–Crippen LogP) is 2.57. The van der Waals surface area contributed by atoms with Crippen LogP contribution in [0.1, 0.15) is 21.5 Å². The van der Waals surface area contributed by atoms with Crippen molar-refractivity contribution >= 4 is 15.9 Å². The Kier molecular flexibility index (Phi) is 6.50. The van der Waals surface area contributed by atoms with Gasteiger partial charge < -0.3 is 14.6 Å². The summed E-state index contributed by atoms with van der Waals surface area (Å²) >= 11 is 0. The van der Waals surface area contributed by atoms with Crippen LogP contribution in [0.25, 0.3) is 5.69 Å². The molecule has 1 N–H and O–H groups in total. The zero-order valence-electron chi connectivity index (χ0n) is 17.1. The van der Waals surface area contributed by atoms with Crippen LogP contribution in [0.4, 0.5) is 0 Å². The lowest BCUT2D eigenvalue weighted by atomic mass is 10.1. The van der Waals surface area contributed by atoms with Gasteiger partial charge in [-0.2, -0.15) is 4.31 Å². The van der Waals surface area contributed by atoms with E-state index < -0.39 is 10.0 Å². The molecule has 0 atom stereocenters. The zero-order chi connectivity index (χ0) is 21.7. The summed E-state index contributed by atoms with van der Waals surface area (Å²) in [6.45, 7) is 1.84. The molecule has 4 rings (SSSR count). The molecular weight excluding hydrogens is 414 g/mol. The van der Waals surface area contributed by atoms with Gasteiger partial charge >= 0.3 is 0 Å². The highest BCUT2D eigenvalue weighted by atomic mass is 32.2. The number of aromatic nitrogens is 1. The molecule has 1 amide bonds. The lowest BCUT2D eigenvalue weighted by Crippen LogP contribution is -2.41. The highest BCUT2D eigenvalue weighted by Gasteiger charge is 2.25. The van der Waals surface area contributed by atoms with Gasteiger partial charge in [0.05, 0.1) is 19.0 Å². The fourth-order valence-corrected chi connectivity index (χ4v) is 5.12. The van der Waals surface area contributed by atoms with E-state index in [4.69, 9.17) is 4.74 Å². The van der Waals surface area contributed by atoms with E-state index in [1.165, 1.54) is 4.31 Å². The van der Waals surface area contributed by atoms with Crippen LogP contribution in [0, 0.1) is 0 Å². The van der Waals surface area contributed by atoms with E-state index >= 15 is 0 Å². The summed E-state index contributed by atoms with van der Waals surface area (Å²) in [5, 5.41) is 2.90. The van der Waals surface area contributed by atoms with Gasteiger partial charge in [-0.3, -0.25) is 4.79 Å². The predicted molar refractivity (Wildman–Crippen MR) is 118 cm³/mol. The maximum absolute atomic E-state index is 12.8. The minimum absolute atomic E-state index is 0.0926. The summed E-state index contributed by atoms with van der Waals surface area (Å²) < 4.78 is 34.2. The number of morpholine rings is 1. The number of nitrogens with one attached hydrogen (secondary N) is 1. The second-order valence-corrected chi connectivity index (χ2v) is 9.33. The van der Waals surface area contributed by atoms with Gasteiger partial charge in [-0.05, 0) is 47.5 Å². The maximum atomic E-state index is 12.8. The van der Waals surface area contributed by atoms with Crippen LogP contribution in [-0.2, 0) is 27.1 Å². The standard InChI is InChI=1S/C23H25N3O4S/c27-23(19-7-9-22(10-8-19)25-11-3-4-12-25)24-17-20-5-1-2-6-21(20)18-31(28,29)26-13-15-30-16-14-26/h1-12H,13-18H2,(H,24,27). The molecule has 1 aromatic heterocycles. The molecular formula is C23H25N3O4S. The minimum atomic E-state index is -3.44. The summed E-state index contributed by atoms with van der Waals surface area (Å²) in [4.78, 5) is 12.6. The third-order valence-electron chi connectivity index (χ3n) is 5.29. The van der Waals surface area contributed by atoms with Gasteiger partial charge in [0.25, 0.3) is 5.91 Å². The number of benzene rings is 2. The molecule has 3 aromatic rings. The number of ether oxygens (including phenoxy) is 1. The van der Waals surface area contributed by atoms with Crippen molar-refractivity contribution in [1.82, 2.24) is 14.2 Å². The molecule has 1 fully saturated rings. The number of amides is 1. The van der Waals surface area contributed by atoms with Crippen molar-refractivity contribution in [2.75, 3.05) is 26.3 Å². The van der Waals surface area contributed by atoms with Crippen molar-refractivity contribution in [3.8, 4) is 5.69 Å². The zero-order valence-corrected chi connectivity index (χ0v) is 17.9. The normalized spacial score (nSPS) is 15.0. The van der Waals surface area contributed by atoms with E-state index in [9.17, 15) is 13.2 Å². The van der Waals surface area contributed by atoms with E-state index in [0.29, 0.717) is 37.4 Å². The molecule has 0 saturated carbocycles. The Hall–Kier alpha value is -2.94. The molecule has 0 aliphatic carbocycles. The Morgan fingerprint density at radius 3 is 2.23 bits per heavy atom. The van der Waals surface area contributed by atoms with Crippen molar-refractivity contribution in [3.63, 3.8) is 0 Å². The molecule has 31 heavy (non-hydrogen) atoms. The van der Waals surface area contributed by atoms with Crippen molar-refractivity contribution in [3.05, 3.63) is 89.7 Å². The SMILES string of the molecule is O=C(NCc1ccccc1CS(=O)(=O)N1CCOCC1)c1ccc(-n2cccc2)cc1. The van der Waals surface area contributed by atoms with Gasteiger partial charge in [-0.25, -0.2) is 8.42 Å². The van der Waals surface area contributed by atoms with E-state index in [1.54, 1.807) is 18.2 Å². The van der Waals surface area contributed by atoms with Gasteiger partial charge in [0, 0.05) is 43.3 Å². The number of hydrogen-bond donors (Lipinski definition) is 1. The second-order valence-electron chi connectivity index (χ2n) is 7.36. The van der Waals surface area contributed by atoms with Gasteiger partial charge in [-0.15, -0.1) is 0 Å². The van der Waals surface area contributed by atoms with Crippen LogP contribution in [0.3, 0.4) is 0 Å². The van der Waals surface area contributed by atoms with E-state index in [1.807, 2.05) is 59.4 Å². The first kappa shape index (κ1) is 21.3. The third kappa shape index (κ3) is 5.22. The second kappa shape index (κ2) is 9.47. The van der Waals surface area contributed by atoms with Crippen molar-refractivity contribution in [2.45, 2.75) is 12.3 Å². The first-order valence-corrected chi connectivity index (χ1v) is 11.8. The first-order valence-electron chi connectivity index (χ1n) is 10.2. The Morgan fingerprint density at radius 1 is 0.903 bits per heavy atom. The summed E-state index contributed by atoms with van der Waals surface area (Å²) in [5.74, 6) is -0.296. The van der Waals surface area contributed by atoms with Crippen molar-refractivity contribution in [2.24, 2.45) is 0 Å².